The quantitative estimate of drug-likeness (QED) is 0.391. The molecule has 4 N–H and O–H groups in total. The van der Waals surface area contributed by atoms with Crippen LogP contribution in [0.25, 0.3) is 0 Å². The van der Waals surface area contributed by atoms with Gasteiger partial charge in [0, 0.05) is 24.5 Å². The molecule has 5 rings (SSSR count). The lowest BCUT2D eigenvalue weighted by atomic mass is 9.72. The summed E-state index contributed by atoms with van der Waals surface area (Å²) in [5.74, 6) is -5.51. The van der Waals surface area contributed by atoms with Crippen molar-refractivity contribution in [3.63, 3.8) is 0 Å². The van der Waals surface area contributed by atoms with Crippen molar-refractivity contribution >= 4 is 11.9 Å². The zero-order chi connectivity index (χ0) is 29.7. The van der Waals surface area contributed by atoms with E-state index in [2.05, 4.69) is 39.4 Å². The zero-order valence-electron chi connectivity index (χ0n) is 21.8. The monoisotopic (exact) mass is 583 g/mol. The Morgan fingerprint density at radius 3 is 1.77 bits per heavy atom. The molecule has 0 aromatic heterocycles. The highest BCUT2D eigenvalue weighted by molar-refractivity contribution is 5.73. The first kappa shape index (κ1) is 32.1. The summed E-state index contributed by atoms with van der Waals surface area (Å²) in [6.45, 7) is 6.91. The van der Waals surface area contributed by atoms with Crippen molar-refractivity contribution in [1.82, 2.24) is 15.1 Å². The average molecular weight is 584 g/mol. The maximum atomic E-state index is 11.5. The van der Waals surface area contributed by atoms with Gasteiger partial charge in [-0.25, -0.2) is 9.59 Å². The molecule has 8 nitrogen and oxygen atoms in total. The van der Waals surface area contributed by atoms with Crippen LogP contribution < -0.4 is 5.32 Å². The van der Waals surface area contributed by atoms with Gasteiger partial charge in [-0.15, -0.1) is 0 Å². The van der Waals surface area contributed by atoms with Gasteiger partial charge in [0.1, 0.15) is 0 Å². The van der Waals surface area contributed by atoms with E-state index >= 15 is 0 Å². The first-order chi connectivity index (χ1) is 18.7. The zero-order valence-corrected chi connectivity index (χ0v) is 21.8. The Balaban J connectivity index is 0.000000263. The molecule has 0 bridgehead atoms. The third kappa shape index (κ3) is 7.45. The second-order valence-corrected chi connectivity index (χ2v) is 10.5. The normalized spacial score (nSPS) is 25.4. The molecule has 0 saturated carbocycles. The minimum Gasteiger partial charge on any atom is -0.475 e. The predicted molar refractivity (Wildman–Crippen MR) is 132 cm³/mol. The number of hydrogen-bond donors (Lipinski definition) is 4. The van der Waals surface area contributed by atoms with E-state index in [1.165, 1.54) is 49.9 Å². The predicted octanol–water partition coefficient (Wildman–Crippen LogP) is 3.55. The minimum absolute atomic E-state index is 0.0295. The summed E-state index contributed by atoms with van der Waals surface area (Å²) in [5, 5.41) is 29.3. The van der Waals surface area contributed by atoms with E-state index in [-0.39, 0.29) is 17.6 Å². The lowest BCUT2D eigenvalue weighted by Crippen LogP contribution is -2.51. The van der Waals surface area contributed by atoms with Crippen molar-refractivity contribution in [1.29, 1.82) is 0 Å². The number of halogens is 6. The molecule has 3 fully saturated rings. The minimum atomic E-state index is -5.08. The smallest absolute Gasteiger partial charge is 0.475 e. The van der Waals surface area contributed by atoms with Gasteiger partial charge in [-0.3, -0.25) is 4.90 Å². The van der Waals surface area contributed by atoms with E-state index in [0.29, 0.717) is 0 Å². The fraction of sp³-hybridized carbons (Fsp3) is 0.692. The number of alkyl halides is 6. The van der Waals surface area contributed by atoms with Gasteiger partial charge in [0.05, 0.1) is 12.1 Å². The molecule has 40 heavy (non-hydrogen) atoms. The molecule has 4 aliphatic rings. The van der Waals surface area contributed by atoms with Crippen LogP contribution in [0.15, 0.2) is 24.3 Å². The number of fused-ring (bicyclic) bond motifs is 2. The number of rotatable bonds is 2. The highest BCUT2D eigenvalue weighted by Crippen LogP contribution is 2.52. The molecule has 0 unspecified atom stereocenters. The van der Waals surface area contributed by atoms with Gasteiger partial charge in [-0.1, -0.05) is 24.3 Å². The lowest BCUT2D eigenvalue weighted by Gasteiger charge is -2.43. The third-order valence-corrected chi connectivity index (χ3v) is 8.21. The van der Waals surface area contributed by atoms with Crippen LogP contribution in [0.3, 0.4) is 0 Å². The molecule has 14 heteroatoms. The molecule has 1 spiro atoms. The van der Waals surface area contributed by atoms with E-state index in [4.69, 9.17) is 19.8 Å². The highest BCUT2D eigenvalue weighted by atomic mass is 19.4. The second-order valence-electron chi connectivity index (χ2n) is 10.5. The van der Waals surface area contributed by atoms with Crippen molar-refractivity contribution in [3.8, 4) is 0 Å². The molecule has 1 aromatic carbocycles. The van der Waals surface area contributed by atoms with Gasteiger partial charge in [0.2, 0.25) is 0 Å². The van der Waals surface area contributed by atoms with Gasteiger partial charge >= 0.3 is 24.3 Å². The second kappa shape index (κ2) is 13.0. The number of aliphatic carboxylic acids is 2. The van der Waals surface area contributed by atoms with Crippen molar-refractivity contribution in [2.24, 2.45) is 0 Å². The van der Waals surface area contributed by atoms with Crippen molar-refractivity contribution in [3.05, 3.63) is 35.4 Å². The molecule has 3 aliphatic heterocycles. The summed E-state index contributed by atoms with van der Waals surface area (Å²) in [5.41, 5.74) is 2.81. The van der Waals surface area contributed by atoms with Gasteiger partial charge in [0.25, 0.3) is 0 Å². The van der Waals surface area contributed by atoms with Gasteiger partial charge in [-0.05, 0) is 75.8 Å². The Kier molecular flexibility index (Phi) is 10.5. The van der Waals surface area contributed by atoms with Crippen LogP contribution in [0.4, 0.5) is 26.3 Å². The maximum absolute atomic E-state index is 11.5. The van der Waals surface area contributed by atoms with Gasteiger partial charge < -0.3 is 25.5 Å². The summed E-state index contributed by atoms with van der Waals surface area (Å²) in [6, 6.07) is 9.87. The van der Waals surface area contributed by atoms with E-state index in [1.54, 1.807) is 0 Å². The van der Waals surface area contributed by atoms with Crippen LogP contribution in [0.2, 0.25) is 0 Å². The van der Waals surface area contributed by atoms with E-state index in [0.717, 1.165) is 45.1 Å². The number of nitrogens with one attached hydrogen (secondary N) is 1. The fourth-order valence-corrected chi connectivity index (χ4v) is 6.31. The summed E-state index contributed by atoms with van der Waals surface area (Å²) in [6.07, 6.45) is -3.01. The van der Waals surface area contributed by atoms with Crippen LogP contribution >= 0.6 is 0 Å². The van der Waals surface area contributed by atoms with Crippen LogP contribution in [-0.2, 0) is 15.0 Å². The molecule has 3 heterocycles. The lowest BCUT2D eigenvalue weighted by molar-refractivity contribution is -0.193. The summed E-state index contributed by atoms with van der Waals surface area (Å²) in [4.78, 5) is 23.1. The number of carboxylic acids is 2. The molecule has 3 saturated heterocycles. The number of aliphatic hydroxyl groups is 1. The number of benzene rings is 1. The third-order valence-electron chi connectivity index (χ3n) is 8.21. The molecule has 1 aliphatic carbocycles. The van der Waals surface area contributed by atoms with Crippen molar-refractivity contribution < 1.29 is 51.3 Å². The SMILES string of the molecule is O=C(O)C(F)(F)F.O=C(O)C(F)(F)F.O[C@H]1[C@H](N2CCC(N3CCCC3)CC2)c2ccccc2C12CCNCC2. The molecule has 0 amide bonds. The first-order valence-corrected chi connectivity index (χ1v) is 13.2. The highest BCUT2D eigenvalue weighted by Gasteiger charge is 2.53. The number of piperidine rings is 2. The van der Waals surface area contributed by atoms with Gasteiger partial charge in [0.15, 0.2) is 0 Å². The summed E-state index contributed by atoms with van der Waals surface area (Å²) >= 11 is 0. The molecule has 0 radical (unpaired) electrons. The fourth-order valence-electron chi connectivity index (χ4n) is 6.31. The summed E-state index contributed by atoms with van der Waals surface area (Å²) < 4.78 is 63.5. The molecular weight excluding hydrogens is 548 g/mol. The van der Waals surface area contributed by atoms with Crippen molar-refractivity contribution in [2.75, 3.05) is 39.3 Å². The Bertz CT molecular complexity index is 977. The van der Waals surface area contributed by atoms with E-state index in [9.17, 15) is 31.4 Å². The maximum Gasteiger partial charge on any atom is 0.490 e. The first-order valence-electron chi connectivity index (χ1n) is 13.2. The van der Waals surface area contributed by atoms with Crippen molar-refractivity contribution in [2.45, 2.75) is 74.5 Å². The molecular formula is C26H35F6N3O5. The number of hydrogen-bond acceptors (Lipinski definition) is 6. The van der Waals surface area contributed by atoms with Crippen LogP contribution in [-0.4, -0.2) is 101 Å². The number of aliphatic hydroxyl groups excluding tert-OH is 1. The number of carbonyl (C=O) groups is 2. The number of carboxylic acid groups (broad SMARTS) is 2. The standard InChI is InChI=1S/C22H33N3O.2C2HF3O2/c26-21-20(25-15-7-17(8-16-25)24-13-3-4-14-24)18-5-1-2-6-19(18)22(21)9-11-23-12-10-22;2*3-2(4,5)1(6)7/h1-2,5-6,17,20-21,23,26H,3-4,7-16H2;2*(H,6,7)/t20-,21+;;/m1../s1. The molecule has 1 aromatic rings. The van der Waals surface area contributed by atoms with Gasteiger partial charge in [-0.2, -0.15) is 26.3 Å². The Morgan fingerprint density at radius 2 is 1.30 bits per heavy atom. The van der Waals surface area contributed by atoms with Crippen LogP contribution in [0, 0.1) is 0 Å². The number of nitrogens with zero attached hydrogens (tertiary/aromatic N) is 2. The van der Waals surface area contributed by atoms with E-state index in [1.807, 2.05) is 0 Å². The van der Waals surface area contributed by atoms with Crippen LogP contribution in [0.1, 0.15) is 55.7 Å². The average Bonchev–Trinajstić information content (AvgIpc) is 3.51. The summed E-state index contributed by atoms with van der Waals surface area (Å²) in [7, 11) is 0. The Morgan fingerprint density at radius 1 is 0.825 bits per heavy atom. The molecule has 2 atom stereocenters. The van der Waals surface area contributed by atoms with E-state index < -0.39 is 24.3 Å². The Hall–Kier alpha value is -2.42. The van der Waals surface area contributed by atoms with Crippen LogP contribution in [0.5, 0.6) is 0 Å². The largest absolute Gasteiger partial charge is 0.490 e. The molecule has 226 valence electrons. The Labute approximate surface area is 227 Å². The topological polar surface area (TPSA) is 113 Å². The number of likely N-dealkylation sites (tertiary alicyclic amines) is 2.